The minimum absolute atomic E-state index is 0.243. The van der Waals surface area contributed by atoms with E-state index in [1.165, 1.54) is 20.8 Å². The summed E-state index contributed by atoms with van der Waals surface area (Å²) in [6, 6.07) is 8.81. The van der Waals surface area contributed by atoms with E-state index in [1.54, 1.807) is 24.3 Å². The van der Waals surface area contributed by atoms with Gasteiger partial charge in [-0.25, -0.2) is 9.36 Å². The minimum Gasteiger partial charge on any atom is -0.368 e. The van der Waals surface area contributed by atoms with Crippen molar-refractivity contribution in [3.63, 3.8) is 0 Å². The first-order valence-corrected chi connectivity index (χ1v) is 10.3. The van der Waals surface area contributed by atoms with Crippen LogP contribution in [0.1, 0.15) is 23.8 Å². The Morgan fingerprint density at radius 1 is 1.25 bits per heavy atom. The molecule has 0 fully saturated rings. The number of quaternary nitrogens is 1. The SMILES string of the molecule is CCC[NH+]1CCc2c(sc3c2c(=O)n(-c2ccccc2)c(=O)n3CC(N)=O)C1. The number of carbonyl (C=O) groups excluding carboxylic acids is 1. The van der Waals surface area contributed by atoms with Gasteiger partial charge in [0.1, 0.15) is 17.9 Å². The molecular weight excluding hydrogens is 376 g/mol. The molecule has 8 heteroatoms. The highest BCUT2D eigenvalue weighted by Gasteiger charge is 2.28. The summed E-state index contributed by atoms with van der Waals surface area (Å²) >= 11 is 1.45. The molecule has 3 aromatic rings. The van der Waals surface area contributed by atoms with Crippen LogP contribution < -0.4 is 21.9 Å². The molecule has 1 aliphatic heterocycles. The van der Waals surface area contributed by atoms with Gasteiger partial charge in [0, 0.05) is 6.42 Å². The molecule has 146 valence electrons. The van der Waals surface area contributed by atoms with Crippen LogP contribution in [-0.4, -0.2) is 28.1 Å². The molecule has 4 rings (SSSR count). The average Bonchev–Trinajstić information content (AvgIpc) is 3.05. The second-order valence-corrected chi connectivity index (χ2v) is 8.26. The van der Waals surface area contributed by atoms with Crippen molar-refractivity contribution in [1.82, 2.24) is 9.13 Å². The van der Waals surface area contributed by atoms with Crippen molar-refractivity contribution in [3.05, 3.63) is 61.6 Å². The Labute approximate surface area is 165 Å². The molecule has 1 atom stereocenters. The normalized spacial score (nSPS) is 16.2. The number of hydrogen-bond donors (Lipinski definition) is 2. The molecule has 0 saturated heterocycles. The standard InChI is InChI=1S/C20H22N4O3S/c1-2-9-22-10-8-14-15(11-22)28-19-17(14)18(26)24(13-6-4-3-5-7-13)20(27)23(19)12-16(21)25/h3-7H,2,8-12H2,1H3,(H2,21,25)/p+1. The minimum atomic E-state index is -0.605. The molecule has 1 aliphatic rings. The molecule has 0 bridgehead atoms. The summed E-state index contributed by atoms with van der Waals surface area (Å²) in [5.41, 5.74) is 6.08. The van der Waals surface area contributed by atoms with Crippen LogP contribution in [0.25, 0.3) is 15.9 Å². The Bertz CT molecular complexity index is 1160. The molecule has 1 aromatic carbocycles. The Kier molecular flexibility index (Phi) is 4.91. The summed E-state index contributed by atoms with van der Waals surface area (Å²) in [5.74, 6) is -0.605. The molecular formula is C20H23N4O3S+. The van der Waals surface area contributed by atoms with Gasteiger partial charge in [0.2, 0.25) is 5.91 Å². The second-order valence-electron chi connectivity index (χ2n) is 7.17. The number of fused-ring (bicyclic) bond motifs is 3. The molecule has 1 amide bonds. The zero-order chi connectivity index (χ0) is 19.8. The Hall–Kier alpha value is -2.71. The highest BCUT2D eigenvalue weighted by Crippen LogP contribution is 2.30. The van der Waals surface area contributed by atoms with Crippen LogP contribution >= 0.6 is 11.3 Å². The number of rotatable bonds is 5. The van der Waals surface area contributed by atoms with E-state index in [9.17, 15) is 14.4 Å². The highest BCUT2D eigenvalue weighted by molar-refractivity contribution is 7.18. The van der Waals surface area contributed by atoms with Gasteiger partial charge < -0.3 is 10.6 Å². The van der Waals surface area contributed by atoms with E-state index in [4.69, 9.17) is 5.73 Å². The van der Waals surface area contributed by atoms with Crippen molar-refractivity contribution < 1.29 is 9.69 Å². The number of nitrogens with two attached hydrogens (primary N) is 1. The fourth-order valence-electron chi connectivity index (χ4n) is 4.01. The van der Waals surface area contributed by atoms with Gasteiger partial charge in [-0.15, -0.1) is 11.3 Å². The van der Waals surface area contributed by atoms with Gasteiger partial charge in [0.25, 0.3) is 5.56 Å². The number of para-hydroxylation sites is 1. The van der Waals surface area contributed by atoms with E-state index in [2.05, 4.69) is 6.92 Å². The lowest BCUT2D eigenvalue weighted by Gasteiger charge is -2.23. The van der Waals surface area contributed by atoms with Crippen LogP contribution in [-0.2, 0) is 24.3 Å². The first-order valence-electron chi connectivity index (χ1n) is 9.48. The van der Waals surface area contributed by atoms with Crippen LogP contribution in [0.5, 0.6) is 0 Å². The topological polar surface area (TPSA) is 91.5 Å². The summed E-state index contributed by atoms with van der Waals surface area (Å²) in [5, 5.41) is 0.556. The van der Waals surface area contributed by atoms with E-state index in [0.29, 0.717) is 15.9 Å². The summed E-state index contributed by atoms with van der Waals surface area (Å²) in [6.45, 7) is 4.81. The maximum atomic E-state index is 13.4. The Balaban J connectivity index is 2.02. The van der Waals surface area contributed by atoms with Crippen molar-refractivity contribution in [3.8, 4) is 5.69 Å². The summed E-state index contributed by atoms with van der Waals surface area (Å²) in [7, 11) is 0. The molecule has 0 saturated carbocycles. The number of nitrogens with zero attached hydrogens (tertiary/aromatic N) is 2. The molecule has 3 N–H and O–H groups in total. The van der Waals surface area contributed by atoms with Crippen molar-refractivity contribution in [2.75, 3.05) is 13.1 Å². The zero-order valence-electron chi connectivity index (χ0n) is 15.7. The number of benzene rings is 1. The first-order chi connectivity index (χ1) is 13.5. The van der Waals surface area contributed by atoms with Gasteiger partial charge >= 0.3 is 5.69 Å². The van der Waals surface area contributed by atoms with Gasteiger partial charge in [-0.2, -0.15) is 0 Å². The maximum absolute atomic E-state index is 13.4. The summed E-state index contributed by atoms with van der Waals surface area (Å²) < 4.78 is 2.51. The van der Waals surface area contributed by atoms with Crippen molar-refractivity contribution in [2.45, 2.75) is 32.9 Å². The number of carbonyl (C=O) groups is 1. The zero-order valence-corrected chi connectivity index (χ0v) is 16.6. The number of aromatic nitrogens is 2. The van der Waals surface area contributed by atoms with Crippen LogP contribution in [0.15, 0.2) is 39.9 Å². The predicted octanol–water partition coefficient (Wildman–Crippen LogP) is 0.0502. The van der Waals surface area contributed by atoms with Crippen LogP contribution in [0.4, 0.5) is 0 Å². The van der Waals surface area contributed by atoms with Crippen molar-refractivity contribution >= 4 is 27.5 Å². The third-order valence-corrected chi connectivity index (χ3v) is 6.48. The molecule has 28 heavy (non-hydrogen) atoms. The molecule has 0 spiro atoms. The highest BCUT2D eigenvalue weighted by atomic mass is 32.1. The molecule has 0 radical (unpaired) electrons. The van der Waals surface area contributed by atoms with Crippen molar-refractivity contribution in [2.24, 2.45) is 5.73 Å². The lowest BCUT2D eigenvalue weighted by molar-refractivity contribution is -0.915. The van der Waals surface area contributed by atoms with Crippen LogP contribution in [0, 0.1) is 0 Å². The van der Waals surface area contributed by atoms with E-state index >= 15 is 0 Å². The van der Waals surface area contributed by atoms with Gasteiger partial charge in [-0.1, -0.05) is 25.1 Å². The predicted molar refractivity (Wildman–Crippen MR) is 109 cm³/mol. The molecule has 1 unspecified atom stereocenters. The van der Waals surface area contributed by atoms with Gasteiger partial charge in [-0.3, -0.25) is 14.2 Å². The molecule has 7 nitrogen and oxygen atoms in total. The molecule has 2 aromatic heterocycles. The van der Waals surface area contributed by atoms with Crippen LogP contribution in [0.2, 0.25) is 0 Å². The van der Waals surface area contributed by atoms with E-state index in [-0.39, 0.29) is 12.1 Å². The van der Waals surface area contributed by atoms with Crippen LogP contribution in [0.3, 0.4) is 0 Å². The fourth-order valence-corrected chi connectivity index (χ4v) is 5.41. The Morgan fingerprint density at radius 2 is 2.00 bits per heavy atom. The lowest BCUT2D eigenvalue weighted by Crippen LogP contribution is -3.11. The quantitative estimate of drug-likeness (QED) is 0.635. The molecule has 0 aliphatic carbocycles. The largest absolute Gasteiger partial charge is 0.368 e. The number of amides is 1. The van der Waals surface area contributed by atoms with E-state index in [1.807, 2.05) is 6.07 Å². The second kappa shape index (κ2) is 7.37. The fraction of sp³-hybridized carbons (Fsp3) is 0.350. The Morgan fingerprint density at radius 3 is 2.68 bits per heavy atom. The number of thiophene rings is 1. The van der Waals surface area contributed by atoms with E-state index < -0.39 is 11.6 Å². The third-order valence-electron chi connectivity index (χ3n) is 5.23. The third kappa shape index (κ3) is 3.08. The average molecular weight is 399 g/mol. The smallest absolute Gasteiger partial charge is 0.337 e. The molecule has 3 heterocycles. The summed E-state index contributed by atoms with van der Waals surface area (Å²) in [4.78, 5) is 41.3. The van der Waals surface area contributed by atoms with E-state index in [0.717, 1.165) is 47.5 Å². The first kappa shape index (κ1) is 18.6. The van der Waals surface area contributed by atoms with Gasteiger partial charge in [-0.05, 0) is 24.1 Å². The number of hydrogen-bond acceptors (Lipinski definition) is 4. The monoisotopic (exact) mass is 399 g/mol. The number of primary amides is 1. The van der Waals surface area contributed by atoms with Crippen molar-refractivity contribution in [1.29, 1.82) is 0 Å². The lowest BCUT2D eigenvalue weighted by atomic mass is 10.1. The summed E-state index contributed by atoms with van der Waals surface area (Å²) in [6.07, 6.45) is 1.90. The maximum Gasteiger partial charge on any atom is 0.337 e. The number of nitrogens with one attached hydrogen (secondary N) is 1. The van der Waals surface area contributed by atoms with Gasteiger partial charge in [0.05, 0.1) is 29.0 Å². The van der Waals surface area contributed by atoms with Gasteiger partial charge in [0.15, 0.2) is 0 Å².